The first-order chi connectivity index (χ1) is 8.34. The molecule has 2 amide bonds. The maximum Gasteiger partial charge on any atom is 0.323 e. The quantitative estimate of drug-likeness (QED) is 0.790. The highest BCUT2D eigenvalue weighted by Crippen LogP contribution is 2.23. The lowest BCUT2D eigenvalue weighted by Crippen LogP contribution is -2.51. The summed E-state index contributed by atoms with van der Waals surface area (Å²) in [6, 6.07) is -0.272. The summed E-state index contributed by atoms with van der Waals surface area (Å²) in [5.41, 5.74) is -0.236. The van der Waals surface area contributed by atoms with Crippen molar-refractivity contribution < 1.29 is 19.4 Å². The van der Waals surface area contributed by atoms with Gasteiger partial charge in [0.15, 0.2) is 0 Å². The SMILES string of the molecule is CCN(CC(=O)O)C(=O)NC1CCOC(C)(C)C1. The molecule has 1 aliphatic heterocycles. The molecule has 0 spiro atoms. The molecule has 6 heteroatoms. The van der Waals surface area contributed by atoms with E-state index in [0.29, 0.717) is 13.2 Å². The standard InChI is InChI=1S/C12H22N2O4/c1-4-14(8-10(15)16)11(17)13-9-5-6-18-12(2,3)7-9/h9H,4-8H2,1-3H3,(H,13,17)(H,15,16). The van der Waals surface area contributed by atoms with Crippen molar-refractivity contribution in [3.05, 3.63) is 0 Å². The van der Waals surface area contributed by atoms with Crippen molar-refractivity contribution in [1.29, 1.82) is 0 Å². The minimum Gasteiger partial charge on any atom is -0.480 e. The van der Waals surface area contributed by atoms with Crippen LogP contribution in [-0.2, 0) is 9.53 Å². The maximum absolute atomic E-state index is 11.9. The Morgan fingerprint density at radius 3 is 2.67 bits per heavy atom. The van der Waals surface area contributed by atoms with Crippen LogP contribution in [0.2, 0.25) is 0 Å². The lowest BCUT2D eigenvalue weighted by Gasteiger charge is -2.36. The first-order valence-electron chi connectivity index (χ1n) is 6.25. The Morgan fingerprint density at radius 1 is 1.50 bits per heavy atom. The predicted molar refractivity (Wildman–Crippen MR) is 66.5 cm³/mol. The molecule has 0 aromatic rings. The van der Waals surface area contributed by atoms with Crippen LogP contribution in [0.1, 0.15) is 33.6 Å². The van der Waals surface area contributed by atoms with E-state index < -0.39 is 5.97 Å². The Bertz CT molecular complexity index is 317. The van der Waals surface area contributed by atoms with Crippen LogP contribution in [-0.4, -0.2) is 53.3 Å². The van der Waals surface area contributed by atoms with Crippen molar-refractivity contribution in [3.8, 4) is 0 Å². The smallest absolute Gasteiger partial charge is 0.323 e. The Hall–Kier alpha value is -1.30. The average Bonchev–Trinajstić information content (AvgIpc) is 2.23. The second-order valence-corrected chi connectivity index (χ2v) is 5.16. The summed E-state index contributed by atoms with van der Waals surface area (Å²) in [7, 11) is 0. The van der Waals surface area contributed by atoms with Gasteiger partial charge >= 0.3 is 12.0 Å². The summed E-state index contributed by atoms with van der Waals surface area (Å²) >= 11 is 0. The van der Waals surface area contributed by atoms with Crippen LogP contribution in [0.4, 0.5) is 4.79 Å². The molecule has 2 N–H and O–H groups in total. The molecule has 0 radical (unpaired) electrons. The molecule has 0 aromatic carbocycles. The number of nitrogens with one attached hydrogen (secondary N) is 1. The van der Waals surface area contributed by atoms with Gasteiger partial charge in [0.25, 0.3) is 0 Å². The lowest BCUT2D eigenvalue weighted by molar-refractivity contribution is -0.137. The van der Waals surface area contributed by atoms with Crippen molar-refractivity contribution in [2.75, 3.05) is 19.7 Å². The summed E-state index contributed by atoms with van der Waals surface area (Å²) in [6.07, 6.45) is 1.50. The van der Waals surface area contributed by atoms with Crippen LogP contribution in [0.15, 0.2) is 0 Å². The predicted octanol–water partition coefficient (Wildman–Crippen LogP) is 1.06. The third-order valence-electron chi connectivity index (χ3n) is 3.02. The fourth-order valence-corrected chi connectivity index (χ4v) is 2.11. The molecule has 6 nitrogen and oxygen atoms in total. The molecule has 1 saturated heterocycles. The topological polar surface area (TPSA) is 78.9 Å². The van der Waals surface area contributed by atoms with Crippen LogP contribution in [0, 0.1) is 0 Å². The molecule has 104 valence electrons. The van der Waals surface area contributed by atoms with Crippen LogP contribution in [0.25, 0.3) is 0 Å². The van der Waals surface area contributed by atoms with E-state index in [2.05, 4.69) is 5.32 Å². The van der Waals surface area contributed by atoms with E-state index in [1.807, 2.05) is 13.8 Å². The van der Waals surface area contributed by atoms with Gasteiger partial charge in [-0.05, 0) is 33.6 Å². The van der Waals surface area contributed by atoms with Gasteiger partial charge < -0.3 is 20.1 Å². The van der Waals surface area contributed by atoms with Gasteiger partial charge in [-0.15, -0.1) is 0 Å². The molecule has 1 atom stereocenters. The molecule has 0 saturated carbocycles. The van der Waals surface area contributed by atoms with Crippen molar-refractivity contribution in [2.45, 2.75) is 45.3 Å². The van der Waals surface area contributed by atoms with E-state index in [9.17, 15) is 9.59 Å². The zero-order chi connectivity index (χ0) is 13.8. The second-order valence-electron chi connectivity index (χ2n) is 5.16. The summed E-state index contributed by atoms with van der Waals surface area (Å²) in [6.45, 7) is 6.46. The number of aliphatic carboxylic acids is 1. The van der Waals surface area contributed by atoms with Gasteiger partial charge in [0.1, 0.15) is 6.54 Å². The molecule has 0 aromatic heterocycles. The molecule has 1 heterocycles. The van der Waals surface area contributed by atoms with Gasteiger partial charge in [0, 0.05) is 19.2 Å². The Morgan fingerprint density at radius 2 is 2.17 bits per heavy atom. The van der Waals surface area contributed by atoms with Gasteiger partial charge in [-0.25, -0.2) is 4.79 Å². The number of ether oxygens (including phenoxy) is 1. The number of urea groups is 1. The number of hydrogen-bond acceptors (Lipinski definition) is 3. The van der Waals surface area contributed by atoms with Gasteiger partial charge in [-0.3, -0.25) is 4.79 Å². The zero-order valence-corrected chi connectivity index (χ0v) is 11.2. The van der Waals surface area contributed by atoms with E-state index in [1.165, 1.54) is 4.90 Å². The number of carboxylic acid groups (broad SMARTS) is 1. The van der Waals surface area contributed by atoms with E-state index in [-0.39, 0.29) is 24.2 Å². The zero-order valence-electron chi connectivity index (χ0n) is 11.2. The molecule has 0 aliphatic carbocycles. The molecular weight excluding hydrogens is 236 g/mol. The van der Waals surface area contributed by atoms with Crippen molar-refractivity contribution >= 4 is 12.0 Å². The highest BCUT2D eigenvalue weighted by molar-refractivity contribution is 5.80. The maximum atomic E-state index is 11.9. The normalized spacial score (nSPS) is 22.3. The number of carbonyl (C=O) groups is 2. The summed E-state index contributed by atoms with van der Waals surface area (Å²) in [4.78, 5) is 23.8. The minimum absolute atomic E-state index is 0.0455. The third kappa shape index (κ3) is 4.52. The van der Waals surface area contributed by atoms with Crippen LogP contribution in [0.5, 0.6) is 0 Å². The van der Waals surface area contributed by atoms with E-state index in [0.717, 1.165) is 12.8 Å². The van der Waals surface area contributed by atoms with Crippen LogP contribution < -0.4 is 5.32 Å². The summed E-state index contributed by atoms with van der Waals surface area (Å²) < 4.78 is 5.57. The fourth-order valence-electron chi connectivity index (χ4n) is 2.11. The highest BCUT2D eigenvalue weighted by atomic mass is 16.5. The number of carbonyl (C=O) groups excluding carboxylic acids is 1. The van der Waals surface area contributed by atoms with Gasteiger partial charge in [0.05, 0.1) is 5.60 Å². The largest absolute Gasteiger partial charge is 0.480 e. The summed E-state index contributed by atoms with van der Waals surface area (Å²) in [5, 5.41) is 11.6. The molecule has 0 bridgehead atoms. The molecule has 1 unspecified atom stereocenters. The average molecular weight is 258 g/mol. The molecule has 18 heavy (non-hydrogen) atoms. The minimum atomic E-state index is -1.00. The third-order valence-corrected chi connectivity index (χ3v) is 3.02. The number of carboxylic acids is 1. The van der Waals surface area contributed by atoms with Crippen molar-refractivity contribution in [1.82, 2.24) is 10.2 Å². The molecular formula is C12H22N2O4. The molecule has 1 aliphatic rings. The monoisotopic (exact) mass is 258 g/mol. The van der Waals surface area contributed by atoms with Crippen LogP contribution in [0.3, 0.4) is 0 Å². The number of hydrogen-bond donors (Lipinski definition) is 2. The Labute approximate surface area is 107 Å². The highest BCUT2D eigenvalue weighted by Gasteiger charge is 2.30. The lowest BCUT2D eigenvalue weighted by atomic mass is 9.94. The van der Waals surface area contributed by atoms with E-state index in [4.69, 9.17) is 9.84 Å². The van der Waals surface area contributed by atoms with Crippen molar-refractivity contribution in [2.24, 2.45) is 0 Å². The fraction of sp³-hybridized carbons (Fsp3) is 0.833. The van der Waals surface area contributed by atoms with E-state index >= 15 is 0 Å². The number of nitrogens with zero attached hydrogens (tertiary/aromatic N) is 1. The number of rotatable bonds is 4. The summed E-state index contributed by atoms with van der Waals surface area (Å²) in [5.74, 6) is -1.00. The first-order valence-corrected chi connectivity index (χ1v) is 6.25. The molecule has 1 fully saturated rings. The second kappa shape index (κ2) is 6.04. The van der Waals surface area contributed by atoms with Gasteiger partial charge in [-0.1, -0.05) is 0 Å². The number of likely N-dealkylation sites (N-methyl/N-ethyl adjacent to an activating group) is 1. The van der Waals surface area contributed by atoms with Gasteiger partial charge in [0.2, 0.25) is 0 Å². The van der Waals surface area contributed by atoms with Crippen molar-refractivity contribution in [3.63, 3.8) is 0 Å². The van der Waals surface area contributed by atoms with Gasteiger partial charge in [-0.2, -0.15) is 0 Å². The van der Waals surface area contributed by atoms with Crippen LogP contribution >= 0.6 is 0 Å². The molecule has 1 rings (SSSR count). The Kier molecular flexibility index (Phi) is 4.95. The first kappa shape index (κ1) is 14.8. The number of amides is 2. The van der Waals surface area contributed by atoms with E-state index in [1.54, 1.807) is 6.92 Å². The Balaban J connectivity index is 2.50.